The Balaban J connectivity index is 0.00000192. The maximum absolute atomic E-state index is 12.3. The van der Waals surface area contributed by atoms with Crippen molar-refractivity contribution >= 4 is 62.1 Å². The Bertz CT molecular complexity index is 813. The highest BCUT2D eigenvalue weighted by Gasteiger charge is 2.46. The van der Waals surface area contributed by atoms with Gasteiger partial charge in [-0.2, -0.15) is 4.40 Å². The summed E-state index contributed by atoms with van der Waals surface area (Å²) >= 11 is 6.94. The smallest absolute Gasteiger partial charge is 0.244 e. The molecular formula is C12H14BrClN4O3S2. The van der Waals surface area contributed by atoms with Crippen LogP contribution in [-0.4, -0.2) is 50.1 Å². The third-order valence-electron chi connectivity index (χ3n) is 3.38. The van der Waals surface area contributed by atoms with E-state index in [1.165, 1.54) is 26.2 Å². The van der Waals surface area contributed by atoms with Gasteiger partial charge in [0.15, 0.2) is 5.84 Å². The minimum atomic E-state index is -3.72. The van der Waals surface area contributed by atoms with Crippen LogP contribution in [0.4, 0.5) is 0 Å². The van der Waals surface area contributed by atoms with Gasteiger partial charge in [0.25, 0.3) is 0 Å². The van der Waals surface area contributed by atoms with E-state index in [1.807, 2.05) is 0 Å². The number of hydrogen-bond donors (Lipinski definition) is 2. The van der Waals surface area contributed by atoms with Crippen molar-refractivity contribution in [2.24, 2.45) is 9.39 Å². The first-order valence-corrected chi connectivity index (χ1v) is 8.86. The Morgan fingerprint density at radius 1 is 1.43 bits per heavy atom. The lowest BCUT2D eigenvalue weighted by atomic mass is 10.0. The van der Waals surface area contributed by atoms with Gasteiger partial charge >= 0.3 is 0 Å². The Morgan fingerprint density at radius 2 is 2.13 bits per heavy atom. The van der Waals surface area contributed by atoms with E-state index in [9.17, 15) is 13.5 Å². The number of amidine groups is 1. The maximum Gasteiger partial charge on any atom is 0.244 e. The summed E-state index contributed by atoms with van der Waals surface area (Å²) in [5.74, 6) is 0.513. The number of sulfonamides is 1. The second kappa shape index (κ2) is 6.34. The van der Waals surface area contributed by atoms with E-state index in [0.29, 0.717) is 23.8 Å². The molecule has 11 heteroatoms. The van der Waals surface area contributed by atoms with E-state index >= 15 is 0 Å². The van der Waals surface area contributed by atoms with Gasteiger partial charge in [0.05, 0.1) is 5.02 Å². The molecule has 0 radical (unpaired) electrons. The number of halogens is 2. The highest BCUT2D eigenvalue weighted by Crippen LogP contribution is 2.43. The van der Waals surface area contributed by atoms with E-state index in [2.05, 4.69) is 14.7 Å². The molecule has 0 amide bonds. The summed E-state index contributed by atoms with van der Waals surface area (Å²) in [5.41, 5.74) is 0.761. The standard InChI is InChI=1S/C12H13ClN4O3S2.BrH/c1-17(2)22(19,20)9-5-7(3-4-8(9)13)12(18)10-11(16-21-12)15-6-14-10;/h3-5,18H,6H2,1-2H3,(H,15,16);1H. The van der Waals surface area contributed by atoms with Crippen molar-refractivity contribution in [1.82, 2.24) is 9.62 Å². The van der Waals surface area contributed by atoms with Gasteiger partial charge in [0, 0.05) is 31.6 Å². The molecule has 23 heavy (non-hydrogen) atoms. The molecule has 0 saturated carbocycles. The zero-order valence-electron chi connectivity index (χ0n) is 12.1. The van der Waals surface area contributed by atoms with Gasteiger partial charge in [-0.3, -0.25) is 4.99 Å². The highest BCUT2D eigenvalue weighted by atomic mass is 79.9. The molecule has 0 fully saturated rings. The lowest BCUT2D eigenvalue weighted by Gasteiger charge is -2.22. The van der Waals surface area contributed by atoms with Crippen LogP contribution in [0.3, 0.4) is 0 Å². The SMILES string of the molecule is Br.CN(C)S(=O)(=O)c1cc(C2(O)SN=C3NCN=C32)ccc1Cl. The summed E-state index contributed by atoms with van der Waals surface area (Å²) in [4.78, 5) is 2.61. The van der Waals surface area contributed by atoms with E-state index in [1.54, 1.807) is 6.07 Å². The fraction of sp³-hybridized carbons (Fsp3) is 0.333. The topological polar surface area (TPSA) is 94.4 Å². The predicted octanol–water partition coefficient (Wildman–Crippen LogP) is 1.38. The van der Waals surface area contributed by atoms with Crippen LogP contribution in [0.5, 0.6) is 0 Å². The van der Waals surface area contributed by atoms with E-state index < -0.39 is 15.0 Å². The molecule has 0 bridgehead atoms. The first kappa shape index (κ1) is 18.7. The Kier molecular flexibility index (Phi) is 5.15. The molecule has 1 aromatic rings. The summed E-state index contributed by atoms with van der Waals surface area (Å²) in [6, 6.07) is 4.39. The van der Waals surface area contributed by atoms with Crippen LogP contribution in [0, 0.1) is 0 Å². The molecule has 7 nitrogen and oxygen atoms in total. The molecule has 126 valence electrons. The van der Waals surface area contributed by atoms with Gasteiger partial charge in [-0.25, -0.2) is 12.7 Å². The summed E-state index contributed by atoms with van der Waals surface area (Å²) in [6.07, 6.45) is 0. The van der Waals surface area contributed by atoms with Crippen molar-refractivity contribution < 1.29 is 13.5 Å². The monoisotopic (exact) mass is 440 g/mol. The molecule has 0 aliphatic carbocycles. The molecular weight excluding hydrogens is 428 g/mol. The number of rotatable bonds is 3. The molecule has 1 aromatic carbocycles. The second-order valence-corrected chi connectivity index (χ2v) is 8.43. The van der Waals surface area contributed by atoms with Crippen LogP contribution in [0.25, 0.3) is 0 Å². The van der Waals surface area contributed by atoms with Gasteiger partial charge in [-0.15, -0.1) is 17.0 Å². The fourth-order valence-corrected chi connectivity index (χ4v) is 4.40. The summed E-state index contributed by atoms with van der Waals surface area (Å²) in [5, 5.41) is 13.9. The Hall–Kier alpha value is -0.650. The van der Waals surface area contributed by atoms with E-state index in [4.69, 9.17) is 11.6 Å². The largest absolute Gasteiger partial charge is 0.368 e. The number of aliphatic hydroxyl groups is 1. The molecule has 2 aliphatic rings. The van der Waals surface area contributed by atoms with Crippen molar-refractivity contribution in [2.75, 3.05) is 20.8 Å². The number of nitrogens with zero attached hydrogens (tertiary/aromatic N) is 3. The Labute approximate surface area is 153 Å². The number of benzene rings is 1. The third-order valence-corrected chi connectivity index (χ3v) is 6.64. The number of hydrogen-bond acceptors (Lipinski definition) is 7. The van der Waals surface area contributed by atoms with Crippen LogP contribution in [-0.2, 0) is 15.0 Å². The summed E-state index contributed by atoms with van der Waals surface area (Å²) < 4.78 is 29.9. The molecule has 2 aliphatic heterocycles. The van der Waals surface area contributed by atoms with Gasteiger partial charge in [0.2, 0.25) is 15.0 Å². The van der Waals surface area contributed by atoms with Crippen LogP contribution < -0.4 is 5.32 Å². The molecule has 0 saturated heterocycles. The molecule has 3 rings (SSSR count). The first-order valence-electron chi connectivity index (χ1n) is 6.27. The second-order valence-electron chi connectivity index (χ2n) is 4.95. The molecule has 2 N–H and O–H groups in total. The van der Waals surface area contributed by atoms with E-state index in [0.717, 1.165) is 16.3 Å². The highest BCUT2D eigenvalue weighted by molar-refractivity contribution is 8.93. The molecule has 2 heterocycles. The lowest BCUT2D eigenvalue weighted by Crippen LogP contribution is -2.34. The zero-order valence-corrected chi connectivity index (χ0v) is 16.2. The molecule has 1 atom stereocenters. The zero-order chi connectivity index (χ0) is 16.1. The number of aliphatic imine (C=N–C) groups is 1. The quantitative estimate of drug-likeness (QED) is 0.691. The number of nitrogens with one attached hydrogen (secondary N) is 1. The molecule has 0 spiro atoms. The minimum absolute atomic E-state index is 0. The fourth-order valence-electron chi connectivity index (χ4n) is 2.15. The van der Waals surface area contributed by atoms with Crippen molar-refractivity contribution in [2.45, 2.75) is 9.83 Å². The lowest BCUT2D eigenvalue weighted by molar-refractivity contribution is 0.213. The predicted molar refractivity (Wildman–Crippen MR) is 97.0 cm³/mol. The minimum Gasteiger partial charge on any atom is -0.368 e. The summed E-state index contributed by atoms with van der Waals surface area (Å²) in [7, 11) is -0.880. The van der Waals surface area contributed by atoms with Gasteiger partial charge in [-0.05, 0) is 12.1 Å². The average molecular weight is 442 g/mol. The van der Waals surface area contributed by atoms with Crippen LogP contribution in [0.15, 0.2) is 32.5 Å². The van der Waals surface area contributed by atoms with Gasteiger partial charge in [-0.1, -0.05) is 17.7 Å². The van der Waals surface area contributed by atoms with Gasteiger partial charge in [0.1, 0.15) is 17.3 Å². The van der Waals surface area contributed by atoms with Crippen LogP contribution in [0.2, 0.25) is 5.02 Å². The van der Waals surface area contributed by atoms with Crippen LogP contribution >= 0.6 is 40.5 Å². The van der Waals surface area contributed by atoms with Crippen molar-refractivity contribution in [1.29, 1.82) is 0 Å². The molecule has 1 unspecified atom stereocenters. The Morgan fingerprint density at radius 3 is 2.78 bits per heavy atom. The third kappa shape index (κ3) is 2.92. The maximum atomic E-state index is 12.3. The number of fused-ring (bicyclic) bond motifs is 1. The average Bonchev–Trinajstić information content (AvgIpc) is 3.04. The van der Waals surface area contributed by atoms with Crippen molar-refractivity contribution in [3.05, 3.63) is 28.8 Å². The normalized spacial score (nSPS) is 23.0. The van der Waals surface area contributed by atoms with Crippen molar-refractivity contribution in [3.8, 4) is 0 Å². The summed E-state index contributed by atoms with van der Waals surface area (Å²) in [6.45, 7) is 0.341. The van der Waals surface area contributed by atoms with Gasteiger partial charge < -0.3 is 10.4 Å². The molecule has 0 aromatic heterocycles. The van der Waals surface area contributed by atoms with Crippen LogP contribution in [0.1, 0.15) is 5.56 Å². The van der Waals surface area contributed by atoms with E-state index in [-0.39, 0.29) is 26.9 Å². The van der Waals surface area contributed by atoms with Crippen molar-refractivity contribution in [3.63, 3.8) is 0 Å². The first-order chi connectivity index (χ1) is 10.3.